The molecule has 0 spiro atoms. The van der Waals surface area contributed by atoms with Gasteiger partial charge in [0.25, 0.3) is 11.8 Å². The molecule has 1 aliphatic rings. The quantitative estimate of drug-likeness (QED) is 0.912. The average Bonchev–Trinajstić information content (AvgIpc) is 2.66. The van der Waals surface area contributed by atoms with E-state index in [2.05, 4.69) is 12.2 Å². The number of carbonyl (C=O) groups is 2. The highest BCUT2D eigenvalue weighted by molar-refractivity contribution is 5.99. The standard InChI is InChI=1S/C22H26N2O2/c1-16-7-6-12-24(15-16)22(26)19-11-5-10-18(13-19)21(25)23-14-20-9-4-3-8-17(20)2/h3-5,8-11,13,16H,6-7,12,14-15H2,1-2H3,(H,23,25). The van der Waals surface area contributed by atoms with Crippen LogP contribution in [0.4, 0.5) is 0 Å². The normalized spacial score (nSPS) is 17.0. The molecule has 4 nitrogen and oxygen atoms in total. The molecule has 2 amide bonds. The molecule has 136 valence electrons. The summed E-state index contributed by atoms with van der Waals surface area (Å²) in [6, 6.07) is 15.0. The maximum atomic E-state index is 12.7. The summed E-state index contributed by atoms with van der Waals surface area (Å²) in [5.74, 6) is 0.397. The fourth-order valence-corrected chi connectivity index (χ4v) is 3.44. The molecule has 0 bridgehead atoms. The van der Waals surface area contributed by atoms with Gasteiger partial charge in [-0.3, -0.25) is 9.59 Å². The Morgan fingerprint density at radius 2 is 1.88 bits per heavy atom. The zero-order valence-corrected chi connectivity index (χ0v) is 15.5. The lowest BCUT2D eigenvalue weighted by molar-refractivity contribution is 0.0683. The highest BCUT2D eigenvalue weighted by atomic mass is 16.2. The van der Waals surface area contributed by atoms with Crippen LogP contribution in [0, 0.1) is 12.8 Å². The van der Waals surface area contributed by atoms with Crippen molar-refractivity contribution in [1.29, 1.82) is 0 Å². The van der Waals surface area contributed by atoms with Crippen LogP contribution in [0.25, 0.3) is 0 Å². The van der Waals surface area contributed by atoms with E-state index in [0.29, 0.717) is 23.6 Å². The summed E-state index contributed by atoms with van der Waals surface area (Å²) in [6.45, 7) is 6.28. The second-order valence-corrected chi connectivity index (χ2v) is 7.19. The molecule has 0 saturated carbocycles. The predicted molar refractivity (Wildman–Crippen MR) is 103 cm³/mol. The predicted octanol–water partition coefficient (Wildman–Crippen LogP) is 3.80. The van der Waals surface area contributed by atoms with E-state index in [4.69, 9.17) is 0 Å². The van der Waals surface area contributed by atoms with Crippen molar-refractivity contribution in [3.63, 3.8) is 0 Å². The van der Waals surface area contributed by atoms with Gasteiger partial charge in [0.15, 0.2) is 0 Å². The molecule has 1 heterocycles. The first-order valence-corrected chi connectivity index (χ1v) is 9.26. The number of carbonyl (C=O) groups excluding carboxylic acids is 2. The SMILES string of the molecule is Cc1ccccc1CNC(=O)c1cccc(C(=O)N2CCCC(C)C2)c1. The molecule has 1 unspecified atom stereocenters. The summed E-state index contributed by atoms with van der Waals surface area (Å²) in [7, 11) is 0. The summed E-state index contributed by atoms with van der Waals surface area (Å²) in [5.41, 5.74) is 3.35. The summed E-state index contributed by atoms with van der Waals surface area (Å²) in [6.07, 6.45) is 2.22. The Bertz CT molecular complexity index is 800. The van der Waals surface area contributed by atoms with Gasteiger partial charge in [0.2, 0.25) is 0 Å². The smallest absolute Gasteiger partial charge is 0.253 e. The van der Waals surface area contributed by atoms with Crippen molar-refractivity contribution < 1.29 is 9.59 Å². The van der Waals surface area contributed by atoms with Crippen molar-refractivity contribution in [3.05, 3.63) is 70.8 Å². The summed E-state index contributed by atoms with van der Waals surface area (Å²) < 4.78 is 0. The van der Waals surface area contributed by atoms with Crippen LogP contribution in [0.3, 0.4) is 0 Å². The summed E-state index contributed by atoms with van der Waals surface area (Å²) >= 11 is 0. The molecule has 1 fully saturated rings. The summed E-state index contributed by atoms with van der Waals surface area (Å²) in [4.78, 5) is 27.1. The van der Waals surface area contributed by atoms with Crippen LogP contribution in [0.2, 0.25) is 0 Å². The molecular weight excluding hydrogens is 324 g/mol. The van der Waals surface area contributed by atoms with Gasteiger partial charge in [-0.25, -0.2) is 0 Å². The van der Waals surface area contributed by atoms with E-state index in [0.717, 1.165) is 30.6 Å². The molecule has 2 aromatic rings. The lowest BCUT2D eigenvalue weighted by atomic mass is 9.99. The molecule has 1 aliphatic heterocycles. The van der Waals surface area contributed by atoms with E-state index in [9.17, 15) is 9.59 Å². The van der Waals surface area contributed by atoms with E-state index < -0.39 is 0 Å². The van der Waals surface area contributed by atoms with Crippen molar-refractivity contribution >= 4 is 11.8 Å². The van der Waals surface area contributed by atoms with Gasteiger partial charge in [0.1, 0.15) is 0 Å². The molecule has 1 saturated heterocycles. The number of likely N-dealkylation sites (tertiary alicyclic amines) is 1. The van der Waals surface area contributed by atoms with Crippen LogP contribution in [0.1, 0.15) is 51.6 Å². The van der Waals surface area contributed by atoms with Crippen molar-refractivity contribution in [3.8, 4) is 0 Å². The molecular formula is C22H26N2O2. The van der Waals surface area contributed by atoms with Gasteiger partial charge in [0, 0.05) is 30.8 Å². The van der Waals surface area contributed by atoms with Gasteiger partial charge in [-0.15, -0.1) is 0 Å². The second kappa shape index (κ2) is 8.17. The molecule has 2 aromatic carbocycles. The number of aryl methyl sites for hydroxylation is 1. The highest BCUT2D eigenvalue weighted by Gasteiger charge is 2.22. The van der Waals surface area contributed by atoms with Gasteiger partial charge in [0.05, 0.1) is 0 Å². The Balaban J connectivity index is 1.67. The van der Waals surface area contributed by atoms with Gasteiger partial charge >= 0.3 is 0 Å². The Morgan fingerprint density at radius 3 is 2.65 bits per heavy atom. The minimum absolute atomic E-state index is 0.0186. The highest BCUT2D eigenvalue weighted by Crippen LogP contribution is 2.18. The minimum atomic E-state index is -0.157. The molecule has 0 aromatic heterocycles. The van der Waals surface area contributed by atoms with E-state index in [1.54, 1.807) is 24.3 Å². The minimum Gasteiger partial charge on any atom is -0.348 e. The summed E-state index contributed by atoms with van der Waals surface area (Å²) in [5, 5.41) is 2.94. The average molecular weight is 350 g/mol. The van der Waals surface area contributed by atoms with Gasteiger partial charge in [-0.1, -0.05) is 37.3 Å². The Hall–Kier alpha value is -2.62. The second-order valence-electron chi connectivity index (χ2n) is 7.19. The van der Waals surface area contributed by atoms with Crippen molar-refractivity contribution in [2.24, 2.45) is 5.92 Å². The van der Waals surface area contributed by atoms with E-state index in [1.807, 2.05) is 36.1 Å². The van der Waals surface area contributed by atoms with Crippen LogP contribution in [0.15, 0.2) is 48.5 Å². The molecule has 4 heteroatoms. The van der Waals surface area contributed by atoms with Crippen LogP contribution in [-0.4, -0.2) is 29.8 Å². The zero-order valence-electron chi connectivity index (χ0n) is 15.5. The van der Waals surface area contributed by atoms with E-state index in [1.165, 1.54) is 6.42 Å². The van der Waals surface area contributed by atoms with Gasteiger partial charge < -0.3 is 10.2 Å². The maximum absolute atomic E-state index is 12.7. The third kappa shape index (κ3) is 4.31. The molecule has 1 atom stereocenters. The first-order valence-electron chi connectivity index (χ1n) is 9.26. The fourth-order valence-electron chi connectivity index (χ4n) is 3.44. The van der Waals surface area contributed by atoms with Crippen LogP contribution >= 0.6 is 0 Å². The number of nitrogens with zero attached hydrogens (tertiary/aromatic N) is 1. The monoisotopic (exact) mass is 350 g/mol. The number of benzene rings is 2. The molecule has 0 radical (unpaired) electrons. The van der Waals surface area contributed by atoms with Gasteiger partial charge in [-0.05, 0) is 55.0 Å². The number of nitrogens with one attached hydrogen (secondary N) is 1. The largest absolute Gasteiger partial charge is 0.348 e. The number of rotatable bonds is 4. The fraction of sp³-hybridized carbons (Fsp3) is 0.364. The number of amides is 2. The van der Waals surface area contributed by atoms with Crippen molar-refractivity contribution in [2.75, 3.05) is 13.1 Å². The third-order valence-corrected chi connectivity index (χ3v) is 5.02. The van der Waals surface area contributed by atoms with Gasteiger partial charge in [-0.2, -0.15) is 0 Å². The first-order chi connectivity index (χ1) is 12.5. The first kappa shape index (κ1) is 18.2. The van der Waals surface area contributed by atoms with Crippen molar-refractivity contribution in [1.82, 2.24) is 10.2 Å². The van der Waals surface area contributed by atoms with E-state index >= 15 is 0 Å². The Labute approximate surface area is 155 Å². The maximum Gasteiger partial charge on any atom is 0.253 e. The zero-order chi connectivity index (χ0) is 18.5. The molecule has 3 rings (SSSR count). The van der Waals surface area contributed by atoms with E-state index in [-0.39, 0.29) is 11.8 Å². The number of hydrogen-bond donors (Lipinski definition) is 1. The Kier molecular flexibility index (Phi) is 5.71. The number of piperidine rings is 1. The lowest BCUT2D eigenvalue weighted by Gasteiger charge is -2.31. The van der Waals surface area contributed by atoms with Crippen molar-refractivity contribution in [2.45, 2.75) is 33.2 Å². The number of hydrogen-bond acceptors (Lipinski definition) is 2. The molecule has 26 heavy (non-hydrogen) atoms. The van der Waals surface area contributed by atoms with Crippen LogP contribution in [0.5, 0.6) is 0 Å². The lowest BCUT2D eigenvalue weighted by Crippen LogP contribution is -2.39. The molecule has 1 N–H and O–H groups in total. The topological polar surface area (TPSA) is 49.4 Å². The van der Waals surface area contributed by atoms with Crippen LogP contribution < -0.4 is 5.32 Å². The van der Waals surface area contributed by atoms with Crippen LogP contribution in [-0.2, 0) is 6.54 Å². The third-order valence-electron chi connectivity index (χ3n) is 5.02. The Morgan fingerprint density at radius 1 is 1.12 bits per heavy atom. The molecule has 0 aliphatic carbocycles.